The van der Waals surface area contributed by atoms with Crippen molar-refractivity contribution >= 4 is 29.5 Å². The number of thioether (sulfide) groups is 1. The summed E-state index contributed by atoms with van der Waals surface area (Å²) in [5.74, 6) is -2.17. The number of likely N-dealkylation sites (tertiary alicyclic amines) is 2. The van der Waals surface area contributed by atoms with E-state index in [1.165, 1.54) is 9.80 Å². The molecule has 0 bridgehead atoms. The fourth-order valence-corrected chi connectivity index (χ4v) is 10.2. The predicted octanol–water partition coefficient (Wildman–Crippen LogP) is 8.71. The van der Waals surface area contributed by atoms with E-state index in [2.05, 4.69) is 11.1 Å². The van der Waals surface area contributed by atoms with Gasteiger partial charge < -0.3 is 24.4 Å². The summed E-state index contributed by atoms with van der Waals surface area (Å²) in [7, 11) is 0. The van der Waals surface area contributed by atoms with Crippen LogP contribution in [0.5, 0.6) is 5.75 Å². The van der Waals surface area contributed by atoms with Crippen molar-refractivity contribution in [2.45, 2.75) is 119 Å². The summed E-state index contributed by atoms with van der Waals surface area (Å²) in [4.78, 5) is 46.8. The minimum Gasteiger partial charge on any atom is -0.493 e. The molecule has 1 aliphatic carbocycles. The number of pyridine rings is 1. The average molecular weight is 851 g/mol. The number of benzene rings is 1. The van der Waals surface area contributed by atoms with Crippen LogP contribution in [-0.2, 0) is 25.9 Å². The number of aromatic nitrogens is 1. The fraction of sp³-hybridized carbons (Fsp3) is 0.595. The average Bonchev–Trinajstić information content (AvgIpc) is 3.91. The van der Waals surface area contributed by atoms with Crippen LogP contribution in [0.1, 0.15) is 106 Å². The van der Waals surface area contributed by atoms with E-state index in [4.69, 9.17) is 9.47 Å². The maximum atomic E-state index is 15.1. The molecule has 17 heteroatoms. The molecule has 4 aliphatic rings. The molecule has 2 aromatic rings. The van der Waals surface area contributed by atoms with E-state index < -0.39 is 74.9 Å². The predicted molar refractivity (Wildman–Crippen MR) is 205 cm³/mol. The van der Waals surface area contributed by atoms with Crippen molar-refractivity contribution < 1.29 is 55.3 Å². The Morgan fingerprint density at radius 3 is 2.31 bits per heavy atom. The molecule has 3 atom stereocenters. The zero-order valence-corrected chi connectivity index (χ0v) is 33.6. The lowest BCUT2D eigenvalue weighted by Gasteiger charge is -2.51. The number of nitriles is 1. The molecular formula is C42H48F6N4O6S. The Labute approximate surface area is 343 Å². The van der Waals surface area contributed by atoms with Crippen molar-refractivity contribution in [3.63, 3.8) is 0 Å². The Bertz CT molecular complexity index is 1940. The molecule has 0 spiro atoms. The van der Waals surface area contributed by atoms with Gasteiger partial charge in [0.05, 0.1) is 46.1 Å². The van der Waals surface area contributed by atoms with Gasteiger partial charge in [-0.25, -0.2) is 0 Å². The maximum Gasteiger partial charge on any atom is 0.422 e. The number of halogens is 6. The summed E-state index contributed by atoms with van der Waals surface area (Å²) >= 11 is 0.528. The van der Waals surface area contributed by atoms with Gasteiger partial charge in [-0.05, 0) is 82.1 Å². The Hall–Kier alpha value is -4.30. The molecule has 2 amide bonds. The molecule has 1 saturated carbocycles. The number of hydrogen-bond donors (Lipinski definition) is 1. The monoisotopic (exact) mass is 850 g/mol. The second-order valence-electron chi connectivity index (χ2n) is 15.9. The molecule has 1 N–H and O–H groups in total. The minimum atomic E-state index is -4.91. The van der Waals surface area contributed by atoms with Gasteiger partial charge in [-0.3, -0.25) is 19.4 Å². The van der Waals surface area contributed by atoms with E-state index >= 15 is 4.79 Å². The molecule has 6 rings (SSSR count). The lowest BCUT2D eigenvalue weighted by Crippen LogP contribution is -2.68. The van der Waals surface area contributed by atoms with Gasteiger partial charge in [0, 0.05) is 37.1 Å². The third-order valence-corrected chi connectivity index (χ3v) is 13.5. The van der Waals surface area contributed by atoms with E-state index in [1.54, 1.807) is 31.2 Å². The third-order valence-electron chi connectivity index (χ3n) is 12.3. The molecule has 3 aliphatic heterocycles. The highest BCUT2D eigenvalue weighted by molar-refractivity contribution is 8.03. The molecule has 3 unspecified atom stereocenters. The fourth-order valence-electron chi connectivity index (χ4n) is 9.32. The number of amides is 2. The van der Waals surface area contributed by atoms with Crippen molar-refractivity contribution in [3.8, 4) is 11.8 Å². The Morgan fingerprint density at radius 1 is 0.966 bits per heavy atom. The number of ether oxygens (including phenoxy) is 2. The smallest absolute Gasteiger partial charge is 0.422 e. The lowest BCUT2D eigenvalue weighted by atomic mass is 9.72. The number of piperidine rings is 2. The number of rotatable bonds is 13. The number of alkyl halides is 6. The number of carboxylic acid groups (broad SMARTS) is 1. The summed E-state index contributed by atoms with van der Waals surface area (Å²) in [5.41, 5.74) is -5.28. The molecule has 59 heavy (non-hydrogen) atoms. The van der Waals surface area contributed by atoms with Crippen LogP contribution in [0.2, 0.25) is 0 Å². The summed E-state index contributed by atoms with van der Waals surface area (Å²) in [6, 6.07) is 10.2. The van der Waals surface area contributed by atoms with Gasteiger partial charge in [0.25, 0.3) is 11.8 Å². The molecule has 1 aromatic carbocycles. The first-order valence-corrected chi connectivity index (χ1v) is 21.1. The second kappa shape index (κ2) is 17.7. The number of allylic oxidation sites excluding steroid dienone is 1. The highest BCUT2D eigenvalue weighted by atomic mass is 32.2. The summed E-state index contributed by atoms with van der Waals surface area (Å²) in [6.45, 7) is 2.02. The highest BCUT2D eigenvalue weighted by Gasteiger charge is 2.57. The molecule has 4 heterocycles. The van der Waals surface area contributed by atoms with E-state index in [1.807, 2.05) is 0 Å². The Kier molecular flexibility index (Phi) is 13.3. The highest BCUT2D eigenvalue weighted by Crippen LogP contribution is 2.47. The van der Waals surface area contributed by atoms with Crippen molar-refractivity contribution in [2.75, 3.05) is 32.0 Å². The first kappa shape index (κ1) is 44.3. The van der Waals surface area contributed by atoms with Crippen molar-refractivity contribution in [1.82, 2.24) is 14.8 Å². The van der Waals surface area contributed by atoms with Gasteiger partial charge in [-0.15, -0.1) is 11.8 Å². The third kappa shape index (κ3) is 9.08. The SMILES string of the molecule is CCCC1N(C(=O)c2ncccc2C(F)(F)F)CCCC1(OC1C=C(C(F)(F)F)SC1)C(=O)N1CCC(C#N)(c2ccccc2OCCCC2(C(=O)O)CCCC2)CC1. The number of carbonyl (C=O) groups excluding carboxylic acids is 2. The first-order chi connectivity index (χ1) is 28.0. The first-order valence-electron chi connectivity index (χ1n) is 20.1. The number of carbonyl (C=O) groups is 3. The van der Waals surface area contributed by atoms with Gasteiger partial charge in [-0.1, -0.05) is 44.4 Å². The lowest BCUT2D eigenvalue weighted by molar-refractivity contribution is -0.182. The van der Waals surface area contributed by atoms with Gasteiger partial charge in [0.2, 0.25) is 0 Å². The summed E-state index contributed by atoms with van der Waals surface area (Å²) < 4.78 is 96.4. The largest absolute Gasteiger partial charge is 0.493 e. The second-order valence-corrected chi connectivity index (χ2v) is 17.0. The summed E-state index contributed by atoms with van der Waals surface area (Å²) in [6.07, 6.45) is -3.99. The van der Waals surface area contributed by atoms with Crippen molar-refractivity contribution in [1.29, 1.82) is 5.26 Å². The molecular weight excluding hydrogens is 803 g/mol. The molecule has 1 aromatic heterocycles. The number of para-hydroxylation sites is 1. The minimum absolute atomic E-state index is 0.00921. The van der Waals surface area contributed by atoms with Gasteiger partial charge >= 0.3 is 18.3 Å². The van der Waals surface area contributed by atoms with Crippen LogP contribution in [0.4, 0.5) is 26.3 Å². The molecule has 2 saturated heterocycles. The van der Waals surface area contributed by atoms with Gasteiger partial charge in [-0.2, -0.15) is 31.6 Å². The number of carboxylic acids is 1. The standard InChI is InChI=1S/C42H48F6N4O6S/c1-2-10-32-40(58-28-25-33(59-26-28)42(46,47)48,17-8-21-52(32)35(53)34-30(41(43,44)45)12-7-20-50-34)36(54)51-22-18-39(27-49,19-23-51)29-11-3-4-13-31(29)57-24-9-16-38(37(55)56)14-5-6-15-38/h3-4,7,11-13,20,25,28,32H,2,5-6,8-10,14-19,21-24,26H2,1H3,(H,55,56). The van der Waals surface area contributed by atoms with Crippen LogP contribution in [0.15, 0.2) is 53.6 Å². The summed E-state index contributed by atoms with van der Waals surface area (Å²) in [5, 5.41) is 20.6. The molecule has 0 radical (unpaired) electrons. The van der Waals surface area contributed by atoms with E-state index in [0.29, 0.717) is 55.2 Å². The van der Waals surface area contributed by atoms with Crippen molar-refractivity contribution in [2.24, 2.45) is 5.41 Å². The number of nitrogens with zero attached hydrogens (tertiary/aromatic N) is 4. The van der Waals surface area contributed by atoms with E-state index in [0.717, 1.165) is 37.2 Å². The maximum absolute atomic E-state index is 15.1. The zero-order chi connectivity index (χ0) is 42.6. The topological polar surface area (TPSA) is 133 Å². The van der Waals surface area contributed by atoms with Crippen LogP contribution in [-0.4, -0.2) is 93.6 Å². The number of hydrogen-bond acceptors (Lipinski definition) is 8. The van der Waals surface area contributed by atoms with E-state index in [9.17, 15) is 46.3 Å². The van der Waals surface area contributed by atoms with Crippen LogP contribution in [0.3, 0.4) is 0 Å². The van der Waals surface area contributed by atoms with Crippen molar-refractivity contribution in [3.05, 3.63) is 70.4 Å². The van der Waals surface area contributed by atoms with Crippen LogP contribution in [0, 0.1) is 16.7 Å². The van der Waals surface area contributed by atoms with Gasteiger partial charge in [0.1, 0.15) is 11.4 Å². The van der Waals surface area contributed by atoms with Crippen LogP contribution < -0.4 is 4.74 Å². The number of aliphatic carboxylic acids is 1. The quantitative estimate of drug-likeness (QED) is 0.155. The van der Waals surface area contributed by atoms with E-state index in [-0.39, 0.29) is 64.1 Å². The van der Waals surface area contributed by atoms with Crippen LogP contribution in [0.25, 0.3) is 0 Å². The Balaban J connectivity index is 1.27. The zero-order valence-electron chi connectivity index (χ0n) is 32.7. The normalized spacial score (nSPS) is 24.3. The molecule has 320 valence electrons. The Morgan fingerprint density at radius 2 is 1.68 bits per heavy atom. The molecule has 10 nitrogen and oxygen atoms in total. The van der Waals surface area contributed by atoms with Crippen LogP contribution >= 0.6 is 11.8 Å². The molecule has 3 fully saturated rings. The van der Waals surface area contributed by atoms with Gasteiger partial charge in [0.15, 0.2) is 5.60 Å².